The number of ether oxygens (including phenoxy) is 1. The van der Waals surface area contributed by atoms with Gasteiger partial charge in [0.25, 0.3) is 0 Å². The molecule has 1 aliphatic heterocycles. The van der Waals surface area contributed by atoms with Gasteiger partial charge >= 0.3 is 6.18 Å². The number of rotatable bonds is 3. The molecule has 0 N–H and O–H groups in total. The van der Waals surface area contributed by atoms with Crippen LogP contribution in [-0.4, -0.2) is 18.6 Å². The Balaban J connectivity index is 2.43. The predicted molar refractivity (Wildman–Crippen MR) is 69.1 cm³/mol. The molecule has 0 bridgehead atoms. The number of carbonyl (C=O) groups excluding carboxylic acids is 1. The van der Waals surface area contributed by atoms with Crippen LogP contribution in [0.2, 0.25) is 0 Å². The van der Waals surface area contributed by atoms with E-state index in [0.717, 1.165) is 5.56 Å². The van der Waals surface area contributed by atoms with Gasteiger partial charge in [0, 0.05) is 23.8 Å². The fraction of sp³-hybridized carbons (Fsp3) is 0.467. The van der Waals surface area contributed by atoms with E-state index in [0.29, 0.717) is 29.9 Å². The van der Waals surface area contributed by atoms with Gasteiger partial charge in [0.1, 0.15) is 5.75 Å². The van der Waals surface area contributed by atoms with Crippen LogP contribution in [0.25, 0.3) is 0 Å². The number of ketones is 1. The number of alkyl halides is 3. The molecule has 112 valence electrons. The van der Waals surface area contributed by atoms with Crippen molar-refractivity contribution < 1.29 is 22.7 Å². The Bertz CT molecular complexity index is 627. The average molecular weight is 297 g/mol. The van der Waals surface area contributed by atoms with Crippen LogP contribution in [0.1, 0.15) is 37.0 Å². The van der Waals surface area contributed by atoms with Crippen LogP contribution < -0.4 is 4.74 Å². The molecule has 0 saturated heterocycles. The number of benzene rings is 1. The molecule has 0 unspecified atom stereocenters. The van der Waals surface area contributed by atoms with Crippen LogP contribution in [0.5, 0.6) is 5.75 Å². The molecule has 21 heavy (non-hydrogen) atoms. The topological polar surface area (TPSA) is 50.1 Å². The molecule has 1 aromatic carbocycles. The van der Waals surface area contributed by atoms with Crippen LogP contribution in [0, 0.1) is 11.3 Å². The molecular formula is C15H14F3NO2. The smallest absolute Gasteiger partial charge is 0.450 e. The Morgan fingerprint density at radius 1 is 1.38 bits per heavy atom. The molecule has 0 aliphatic carbocycles. The highest BCUT2D eigenvalue weighted by Crippen LogP contribution is 2.41. The van der Waals surface area contributed by atoms with Crippen molar-refractivity contribution in [2.75, 3.05) is 6.61 Å². The first-order chi connectivity index (χ1) is 9.65. The van der Waals surface area contributed by atoms with Gasteiger partial charge in [-0.15, -0.1) is 0 Å². The summed E-state index contributed by atoms with van der Waals surface area (Å²) in [6.07, 6.45) is -4.92. The summed E-state index contributed by atoms with van der Waals surface area (Å²) >= 11 is 0. The summed E-state index contributed by atoms with van der Waals surface area (Å²) in [6.45, 7) is 3.53. The first-order valence-electron chi connectivity index (χ1n) is 6.45. The minimum atomic E-state index is -4.85. The standard InChI is InChI=1S/C15H14F3NO2/c1-14(2,7-12(20)15(16,17)18)11-6-9(8-19)5-10-3-4-21-13(10)11/h5-6H,3-4,7H2,1-2H3. The van der Waals surface area contributed by atoms with Gasteiger partial charge in [-0.2, -0.15) is 18.4 Å². The molecule has 0 atom stereocenters. The quantitative estimate of drug-likeness (QED) is 0.860. The first-order valence-corrected chi connectivity index (χ1v) is 6.45. The van der Waals surface area contributed by atoms with Crippen LogP contribution in [0.15, 0.2) is 12.1 Å². The van der Waals surface area contributed by atoms with Crippen LogP contribution >= 0.6 is 0 Å². The highest BCUT2D eigenvalue weighted by atomic mass is 19.4. The van der Waals surface area contributed by atoms with Gasteiger partial charge in [0.05, 0.1) is 18.2 Å². The SMILES string of the molecule is CC(C)(CC(=O)C(F)(F)F)c1cc(C#N)cc2c1OCC2. The Morgan fingerprint density at radius 3 is 2.62 bits per heavy atom. The minimum Gasteiger partial charge on any atom is -0.493 e. The molecule has 3 nitrogen and oxygen atoms in total. The molecule has 0 radical (unpaired) electrons. The summed E-state index contributed by atoms with van der Waals surface area (Å²) in [5.41, 5.74) is 0.582. The molecule has 1 aliphatic rings. The van der Waals surface area contributed by atoms with Crippen LogP contribution in [0.4, 0.5) is 13.2 Å². The van der Waals surface area contributed by atoms with Crippen molar-refractivity contribution in [1.29, 1.82) is 5.26 Å². The molecule has 0 saturated carbocycles. The lowest BCUT2D eigenvalue weighted by Crippen LogP contribution is -2.31. The Morgan fingerprint density at radius 2 is 2.05 bits per heavy atom. The molecule has 0 fully saturated rings. The Labute approximate surface area is 120 Å². The largest absolute Gasteiger partial charge is 0.493 e. The summed E-state index contributed by atoms with van der Waals surface area (Å²) < 4.78 is 42.9. The summed E-state index contributed by atoms with van der Waals surface area (Å²) in [6, 6.07) is 5.17. The lowest BCUT2D eigenvalue weighted by molar-refractivity contribution is -0.172. The third kappa shape index (κ3) is 3.02. The second-order valence-corrected chi connectivity index (χ2v) is 5.70. The van der Waals surface area contributed by atoms with Gasteiger partial charge in [-0.3, -0.25) is 4.79 Å². The molecule has 1 aromatic rings. The number of fused-ring (bicyclic) bond motifs is 1. The number of hydrogen-bond acceptors (Lipinski definition) is 3. The fourth-order valence-corrected chi connectivity index (χ4v) is 2.47. The van der Waals surface area contributed by atoms with E-state index in [1.54, 1.807) is 19.9 Å². The van der Waals surface area contributed by atoms with E-state index in [9.17, 15) is 18.0 Å². The van der Waals surface area contributed by atoms with E-state index >= 15 is 0 Å². The molecule has 0 aromatic heterocycles. The van der Waals surface area contributed by atoms with Gasteiger partial charge in [-0.25, -0.2) is 0 Å². The number of Topliss-reactive ketones (excluding diaryl/α,β-unsaturated/α-hetero) is 1. The third-order valence-electron chi connectivity index (χ3n) is 3.56. The van der Waals surface area contributed by atoms with Crippen LogP contribution in [-0.2, 0) is 16.6 Å². The van der Waals surface area contributed by atoms with Crippen molar-refractivity contribution in [3.05, 3.63) is 28.8 Å². The second-order valence-electron chi connectivity index (χ2n) is 5.70. The summed E-state index contributed by atoms with van der Waals surface area (Å²) in [7, 11) is 0. The lowest BCUT2D eigenvalue weighted by Gasteiger charge is -2.27. The van der Waals surface area contributed by atoms with Crippen molar-refractivity contribution in [2.24, 2.45) is 0 Å². The highest BCUT2D eigenvalue weighted by Gasteiger charge is 2.42. The maximum Gasteiger partial charge on any atom is 0.450 e. The molecule has 0 spiro atoms. The molecule has 1 heterocycles. The van der Waals surface area contributed by atoms with E-state index in [2.05, 4.69) is 0 Å². The first kappa shape index (κ1) is 15.4. The number of hydrogen-bond donors (Lipinski definition) is 0. The minimum absolute atomic E-state index is 0.363. The second kappa shape index (κ2) is 5.06. The Kier molecular flexibility index (Phi) is 3.70. The molecule has 6 heteroatoms. The zero-order valence-electron chi connectivity index (χ0n) is 11.7. The third-order valence-corrected chi connectivity index (χ3v) is 3.56. The van der Waals surface area contributed by atoms with Crippen molar-refractivity contribution in [3.63, 3.8) is 0 Å². The maximum absolute atomic E-state index is 12.5. The highest BCUT2D eigenvalue weighted by molar-refractivity contribution is 5.85. The van der Waals surface area contributed by atoms with E-state index in [4.69, 9.17) is 10.00 Å². The summed E-state index contributed by atoms with van der Waals surface area (Å²) in [4.78, 5) is 11.3. The molecule has 0 amide bonds. The van der Waals surface area contributed by atoms with Gasteiger partial charge in [-0.1, -0.05) is 13.8 Å². The van der Waals surface area contributed by atoms with Crippen molar-refractivity contribution in [2.45, 2.75) is 38.3 Å². The number of nitrogens with zero attached hydrogens (tertiary/aromatic N) is 1. The number of nitriles is 1. The zero-order chi connectivity index (χ0) is 15.8. The summed E-state index contributed by atoms with van der Waals surface area (Å²) in [5.74, 6) is -1.27. The monoisotopic (exact) mass is 297 g/mol. The van der Waals surface area contributed by atoms with Crippen molar-refractivity contribution >= 4 is 5.78 Å². The maximum atomic E-state index is 12.5. The molecule has 2 rings (SSSR count). The number of halogens is 3. The molecular weight excluding hydrogens is 283 g/mol. The summed E-state index contributed by atoms with van der Waals surface area (Å²) in [5, 5.41) is 9.03. The fourth-order valence-electron chi connectivity index (χ4n) is 2.47. The van der Waals surface area contributed by atoms with Crippen LogP contribution in [0.3, 0.4) is 0 Å². The normalized spacial score (nSPS) is 14.3. The lowest BCUT2D eigenvalue weighted by atomic mass is 9.78. The van der Waals surface area contributed by atoms with Gasteiger partial charge in [0.15, 0.2) is 0 Å². The van der Waals surface area contributed by atoms with Gasteiger partial charge < -0.3 is 4.74 Å². The van der Waals surface area contributed by atoms with Gasteiger partial charge in [-0.05, 0) is 17.7 Å². The van der Waals surface area contributed by atoms with E-state index in [-0.39, 0.29) is 0 Å². The van der Waals surface area contributed by atoms with E-state index in [1.165, 1.54) is 6.07 Å². The predicted octanol–water partition coefficient (Wildman–Crippen LogP) is 3.29. The Hall–Kier alpha value is -2.03. The van der Waals surface area contributed by atoms with E-state index < -0.39 is 23.8 Å². The number of carbonyl (C=O) groups is 1. The van der Waals surface area contributed by atoms with Crippen molar-refractivity contribution in [1.82, 2.24) is 0 Å². The average Bonchev–Trinajstić information content (AvgIpc) is 2.83. The van der Waals surface area contributed by atoms with Gasteiger partial charge in [0.2, 0.25) is 5.78 Å². The van der Waals surface area contributed by atoms with E-state index in [1.807, 2.05) is 6.07 Å². The zero-order valence-corrected chi connectivity index (χ0v) is 11.7. The van der Waals surface area contributed by atoms with Crippen molar-refractivity contribution in [3.8, 4) is 11.8 Å².